The van der Waals surface area contributed by atoms with E-state index in [0.717, 1.165) is 19.1 Å². The van der Waals surface area contributed by atoms with Gasteiger partial charge in [-0.2, -0.15) is 0 Å². The lowest BCUT2D eigenvalue weighted by Gasteiger charge is -2.17. The number of phenols is 1. The molecule has 0 heterocycles. The Morgan fingerprint density at radius 2 is 2.06 bits per heavy atom. The summed E-state index contributed by atoms with van der Waals surface area (Å²) in [6.45, 7) is 1.62. The van der Waals surface area contributed by atoms with Crippen LogP contribution in [0.25, 0.3) is 0 Å². The summed E-state index contributed by atoms with van der Waals surface area (Å²) in [5.74, 6) is 1.11. The summed E-state index contributed by atoms with van der Waals surface area (Å²) < 4.78 is 5.21. The molecule has 0 aromatic heterocycles. The minimum Gasteiger partial charge on any atom is -0.508 e. The van der Waals surface area contributed by atoms with E-state index in [1.807, 2.05) is 12.1 Å². The fraction of sp³-hybridized carbons (Fsp3) is 0.538. The van der Waals surface area contributed by atoms with E-state index in [-0.39, 0.29) is 0 Å². The number of aromatic hydroxyl groups is 1. The number of hydrogen-bond donors (Lipinski definition) is 2. The van der Waals surface area contributed by atoms with Crippen LogP contribution in [0, 0.1) is 5.92 Å². The highest BCUT2D eigenvalue weighted by Gasteiger charge is 2.30. The highest BCUT2D eigenvalue weighted by atomic mass is 16.5. The fourth-order valence-electron chi connectivity index (χ4n) is 1.90. The van der Waals surface area contributed by atoms with Crippen molar-refractivity contribution >= 4 is 0 Å². The zero-order chi connectivity index (χ0) is 11.4. The third kappa shape index (κ3) is 3.22. The Kier molecular flexibility index (Phi) is 3.80. The van der Waals surface area contributed by atoms with Crippen LogP contribution in [-0.4, -0.2) is 24.9 Å². The number of methoxy groups -OCH3 is 1. The molecule has 1 aliphatic carbocycles. The number of nitrogens with one attached hydrogen (secondary N) is 1. The average Bonchev–Trinajstić information content (AvgIpc) is 3.10. The molecule has 1 saturated carbocycles. The number of benzene rings is 1. The van der Waals surface area contributed by atoms with Gasteiger partial charge in [-0.3, -0.25) is 0 Å². The SMILES string of the molecule is COCC(NCc1ccc(O)cc1)C1CC1. The topological polar surface area (TPSA) is 41.5 Å². The van der Waals surface area contributed by atoms with Crippen LogP contribution >= 0.6 is 0 Å². The normalized spacial score (nSPS) is 17.3. The van der Waals surface area contributed by atoms with Crippen LogP contribution in [0.3, 0.4) is 0 Å². The first-order valence-corrected chi connectivity index (χ1v) is 5.80. The second-order valence-corrected chi connectivity index (χ2v) is 4.45. The lowest BCUT2D eigenvalue weighted by Crippen LogP contribution is -2.34. The van der Waals surface area contributed by atoms with Crippen LogP contribution in [0.1, 0.15) is 18.4 Å². The van der Waals surface area contributed by atoms with Crippen molar-refractivity contribution in [3.8, 4) is 5.75 Å². The van der Waals surface area contributed by atoms with Crippen molar-refractivity contribution in [2.45, 2.75) is 25.4 Å². The number of hydrogen-bond acceptors (Lipinski definition) is 3. The van der Waals surface area contributed by atoms with Gasteiger partial charge in [-0.05, 0) is 36.5 Å². The molecule has 0 radical (unpaired) electrons. The molecule has 2 rings (SSSR count). The van der Waals surface area contributed by atoms with Crippen LogP contribution < -0.4 is 5.32 Å². The van der Waals surface area contributed by atoms with Gasteiger partial charge in [0.1, 0.15) is 5.75 Å². The van der Waals surface area contributed by atoms with Gasteiger partial charge in [0, 0.05) is 19.7 Å². The molecule has 2 N–H and O–H groups in total. The molecule has 1 aliphatic rings. The summed E-state index contributed by atoms with van der Waals surface area (Å²) in [7, 11) is 1.75. The van der Waals surface area contributed by atoms with Gasteiger partial charge in [0.15, 0.2) is 0 Å². The van der Waals surface area contributed by atoms with Crippen LogP contribution in [0.2, 0.25) is 0 Å². The molecular weight excluding hydrogens is 202 g/mol. The van der Waals surface area contributed by atoms with Crippen LogP contribution in [0.5, 0.6) is 5.75 Å². The maximum Gasteiger partial charge on any atom is 0.115 e. The van der Waals surface area contributed by atoms with E-state index >= 15 is 0 Å². The molecule has 0 spiro atoms. The van der Waals surface area contributed by atoms with Crippen LogP contribution in [-0.2, 0) is 11.3 Å². The Balaban J connectivity index is 1.82. The summed E-state index contributed by atoms with van der Waals surface area (Å²) >= 11 is 0. The van der Waals surface area contributed by atoms with Crippen molar-refractivity contribution in [3.05, 3.63) is 29.8 Å². The summed E-state index contributed by atoms with van der Waals surface area (Å²) in [4.78, 5) is 0. The molecule has 16 heavy (non-hydrogen) atoms. The van der Waals surface area contributed by atoms with Gasteiger partial charge in [0.25, 0.3) is 0 Å². The molecule has 0 amide bonds. The van der Waals surface area contributed by atoms with Crippen molar-refractivity contribution < 1.29 is 9.84 Å². The van der Waals surface area contributed by atoms with E-state index in [1.54, 1.807) is 19.2 Å². The van der Waals surface area contributed by atoms with Crippen LogP contribution in [0.15, 0.2) is 24.3 Å². The minimum atomic E-state index is 0.319. The van der Waals surface area contributed by atoms with Gasteiger partial charge in [-0.1, -0.05) is 12.1 Å². The van der Waals surface area contributed by atoms with E-state index < -0.39 is 0 Å². The molecule has 1 aromatic carbocycles. The van der Waals surface area contributed by atoms with Gasteiger partial charge in [0.05, 0.1) is 6.61 Å². The van der Waals surface area contributed by atoms with Crippen molar-refractivity contribution in [3.63, 3.8) is 0 Å². The van der Waals surface area contributed by atoms with Crippen molar-refractivity contribution in [2.24, 2.45) is 5.92 Å². The van der Waals surface area contributed by atoms with E-state index in [2.05, 4.69) is 5.32 Å². The summed E-state index contributed by atoms with van der Waals surface area (Å²) in [5, 5.41) is 12.7. The summed E-state index contributed by atoms with van der Waals surface area (Å²) in [6, 6.07) is 7.80. The smallest absolute Gasteiger partial charge is 0.115 e. The molecule has 3 heteroatoms. The molecule has 88 valence electrons. The van der Waals surface area contributed by atoms with Crippen molar-refractivity contribution in [2.75, 3.05) is 13.7 Å². The van der Waals surface area contributed by atoms with Crippen molar-refractivity contribution in [1.82, 2.24) is 5.32 Å². The number of ether oxygens (including phenoxy) is 1. The van der Waals surface area contributed by atoms with Gasteiger partial charge >= 0.3 is 0 Å². The first kappa shape index (κ1) is 11.4. The Bertz CT molecular complexity index is 319. The van der Waals surface area contributed by atoms with Gasteiger partial charge in [-0.25, -0.2) is 0 Å². The molecular formula is C13H19NO2. The Hall–Kier alpha value is -1.06. The highest BCUT2D eigenvalue weighted by molar-refractivity contribution is 5.25. The molecule has 1 atom stereocenters. The molecule has 1 fully saturated rings. The second-order valence-electron chi connectivity index (χ2n) is 4.45. The zero-order valence-electron chi connectivity index (χ0n) is 9.65. The predicted molar refractivity (Wildman–Crippen MR) is 63.3 cm³/mol. The monoisotopic (exact) mass is 221 g/mol. The van der Waals surface area contributed by atoms with Crippen LogP contribution in [0.4, 0.5) is 0 Å². The number of rotatable bonds is 6. The second kappa shape index (κ2) is 5.32. The standard InChI is InChI=1S/C13H19NO2/c1-16-9-13(11-4-5-11)14-8-10-2-6-12(15)7-3-10/h2-3,6-7,11,13-15H,4-5,8-9H2,1H3. The number of phenolic OH excluding ortho intramolecular Hbond substituents is 1. The van der Waals surface area contributed by atoms with E-state index in [9.17, 15) is 5.11 Å². The zero-order valence-corrected chi connectivity index (χ0v) is 9.65. The first-order chi connectivity index (χ1) is 7.79. The first-order valence-electron chi connectivity index (χ1n) is 5.80. The van der Waals surface area contributed by atoms with E-state index in [0.29, 0.717) is 11.8 Å². The predicted octanol–water partition coefficient (Wildman–Crippen LogP) is 1.91. The molecule has 3 nitrogen and oxygen atoms in total. The molecule has 1 unspecified atom stereocenters. The third-order valence-corrected chi connectivity index (χ3v) is 3.04. The van der Waals surface area contributed by atoms with Gasteiger partial charge < -0.3 is 15.2 Å². The Morgan fingerprint density at radius 1 is 1.38 bits per heavy atom. The lowest BCUT2D eigenvalue weighted by molar-refractivity contribution is 0.157. The molecule has 1 aromatic rings. The fourth-order valence-corrected chi connectivity index (χ4v) is 1.90. The van der Waals surface area contributed by atoms with E-state index in [1.165, 1.54) is 18.4 Å². The summed E-state index contributed by atoms with van der Waals surface area (Å²) in [6.07, 6.45) is 2.63. The average molecular weight is 221 g/mol. The maximum absolute atomic E-state index is 9.18. The lowest BCUT2D eigenvalue weighted by atomic mass is 10.1. The van der Waals surface area contributed by atoms with Gasteiger partial charge in [-0.15, -0.1) is 0 Å². The summed E-state index contributed by atoms with van der Waals surface area (Å²) in [5.41, 5.74) is 1.19. The highest BCUT2D eigenvalue weighted by Crippen LogP contribution is 2.32. The van der Waals surface area contributed by atoms with Crippen molar-refractivity contribution in [1.29, 1.82) is 0 Å². The molecule has 0 aliphatic heterocycles. The largest absolute Gasteiger partial charge is 0.508 e. The Morgan fingerprint density at radius 3 is 2.62 bits per heavy atom. The van der Waals surface area contributed by atoms with E-state index in [4.69, 9.17) is 4.74 Å². The molecule has 0 bridgehead atoms. The minimum absolute atomic E-state index is 0.319. The third-order valence-electron chi connectivity index (χ3n) is 3.04. The molecule has 0 saturated heterocycles. The maximum atomic E-state index is 9.18. The van der Waals surface area contributed by atoms with Gasteiger partial charge in [0.2, 0.25) is 0 Å². The Labute approximate surface area is 96.4 Å². The quantitative estimate of drug-likeness (QED) is 0.771.